The van der Waals surface area contributed by atoms with Crippen LogP contribution in [0.15, 0.2) is 83.8 Å². The minimum atomic E-state index is -5.08. The number of carbonyl (C=O) groups excluding carboxylic acids is 2. The number of hydrogen-bond donors (Lipinski definition) is 4. The highest BCUT2D eigenvalue weighted by Gasteiger charge is 2.40. The number of likely N-dealkylation sites (tertiary alicyclic amines) is 1. The van der Waals surface area contributed by atoms with Gasteiger partial charge in [0.05, 0.1) is 13.6 Å². The first-order valence-corrected chi connectivity index (χ1v) is 18.9. The van der Waals surface area contributed by atoms with E-state index in [2.05, 4.69) is 12.4 Å². The molecular weight excluding hydrogens is 769 g/mol. The number of rotatable bonds is 10. The highest BCUT2D eigenvalue weighted by atomic mass is 32.2. The van der Waals surface area contributed by atoms with Gasteiger partial charge in [-0.25, -0.2) is 14.5 Å². The van der Waals surface area contributed by atoms with Crippen LogP contribution in [-0.2, 0) is 32.7 Å². The number of halogens is 4. The Labute approximate surface area is 318 Å². The largest absolute Gasteiger partial charge is 0.508 e. The molecule has 294 valence electrons. The Hall–Kier alpha value is -5.33. The van der Waals surface area contributed by atoms with Crippen LogP contribution in [0.3, 0.4) is 0 Å². The maximum absolute atomic E-state index is 14.1. The van der Waals surface area contributed by atoms with E-state index in [1.807, 2.05) is 6.92 Å². The third kappa shape index (κ3) is 11.8. The number of nitrogens with two attached hydrogens (primary N) is 1. The number of phenolic OH excluding ortho intramolecular Hbond substituents is 1. The van der Waals surface area contributed by atoms with Gasteiger partial charge in [0.15, 0.2) is 6.04 Å². The third-order valence-corrected chi connectivity index (χ3v) is 11.1. The van der Waals surface area contributed by atoms with Crippen LogP contribution in [0, 0.1) is 19.7 Å². The van der Waals surface area contributed by atoms with Gasteiger partial charge in [0, 0.05) is 34.6 Å². The summed E-state index contributed by atoms with van der Waals surface area (Å²) in [6.45, 7) is 5.38. The Morgan fingerprint density at radius 2 is 1.58 bits per heavy atom. The summed E-state index contributed by atoms with van der Waals surface area (Å²) in [7, 11) is -1.99. The maximum Gasteiger partial charge on any atom is 0.496 e. The second kappa shape index (κ2) is 17.4. The van der Waals surface area contributed by atoms with Crippen molar-refractivity contribution < 1.29 is 63.8 Å². The lowest BCUT2D eigenvalue weighted by molar-refractivity contribution is -0.918. The van der Waals surface area contributed by atoms with Gasteiger partial charge < -0.3 is 24.6 Å². The fourth-order valence-electron chi connectivity index (χ4n) is 6.11. The second-order valence-corrected chi connectivity index (χ2v) is 16.2. The molecule has 18 heteroatoms. The Kier molecular flexibility index (Phi) is 13.4. The average Bonchev–Trinajstić information content (AvgIpc) is 3.45. The Morgan fingerprint density at radius 1 is 1.00 bits per heavy atom. The molecule has 4 aromatic rings. The summed E-state index contributed by atoms with van der Waals surface area (Å²) in [6.07, 6.45) is -3.68. The number of anilines is 1. The number of aromatic hydroxyl groups is 1. The number of benzene rings is 3. The van der Waals surface area contributed by atoms with Gasteiger partial charge in [0.25, 0.3) is 5.91 Å². The van der Waals surface area contributed by atoms with Crippen LogP contribution in [0.1, 0.15) is 33.7 Å². The summed E-state index contributed by atoms with van der Waals surface area (Å²) in [5.41, 5.74) is 8.68. The molecule has 5 rings (SSSR count). The molecule has 0 bridgehead atoms. The first-order valence-electron chi connectivity index (χ1n) is 16.7. The molecule has 1 aromatic heterocycles. The number of primary amides is 1. The van der Waals surface area contributed by atoms with Gasteiger partial charge in [0.1, 0.15) is 46.7 Å². The van der Waals surface area contributed by atoms with Crippen molar-refractivity contribution in [3.8, 4) is 11.5 Å². The second-order valence-electron chi connectivity index (χ2n) is 13.2. The van der Waals surface area contributed by atoms with Crippen LogP contribution < -0.4 is 15.2 Å². The average molecular weight is 809 g/mol. The molecule has 0 radical (unpaired) electrons. The number of phenols is 1. The van der Waals surface area contributed by atoms with Crippen molar-refractivity contribution in [3.05, 3.63) is 106 Å². The van der Waals surface area contributed by atoms with Gasteiger partial charge >= 0.3 is 28.3 Å². The fraction of sp³-hybridized carbons (Fsp3) is 0.297. The normalized spacial score (nSPS) is 17.3. The number of urea groups is 1. The minimum Gasteiger partial charge on any atom is -0.508 e. The summed E-state index contributed by atoms with van der Waals surface area (Å²) < 4.78 is 78.4. The number of aryl methyl sites for hydroxylation is 2. The number of aliphatic carboxylic acids is 1. The van der Waals surface area contributed by atoms with Crippen LogP contribution in [0.25, 0.3) is 0 Å². The zero-order valence-electron chi connectivity index (χ0n) is 30.0. The molecule has 1 fully saturated rings. The number of hydrogen-bond acceptors (Lipinski definition) is 8. The molecule has 0 aliphatic carbocycles. The first kappa shape index (κ1) is 42.4. The third-order valence-electron chi connectivity index (χ3n) is 8.59. The standard InChI is InChI=1S/C35H37FN4O6S2.C2HF3O2/c1-23-19-33(24(2)47-23)48(44,45)46-31-16-12-28(13-17-31)38-35(43)39(32(34(37)42)20-25-8-14-30(41)15-9-25)29-5-4-18-40(3,22-29)21-26-6-10-27(36)11-7-26;3-2(4,5)1(6)7/h6-17,19,32H,4-5,18,20-22H2,1-3H3,(H2-2,37,38,41,42,43);(H,6,7)/p+2/b39-29+;/t32-,40?;/m0./s1. The van der Waals surface area contributed by atoms with Gasteiger partial charge in [-0.05, 0) is 74.0 Å². The molecule has 3 aromatic carbocycles. The zero-order chi connectivity index (χ0) is 40.7. The highest BCUT2D eigenvalue weighted by molar-refractivity contribution is 7.87. The van der Waals surface area contributed by atoms with E-state index in [0.29, 0.717) is 40.1 Å². The molecule has 2 heterocycles. The van der Waals surface area contributed by atoms with Crippen LogP contribution in [0.5, 0.6) is 11.5 Å². The van der Waals surface area contributed by atoms with Crippen LogP contribution in [-0.4, -0.2) is 83.7 Å². The van der Waals surface area contributed by atoms with Crippen molar-refractivity contribution in [3.63, 3.8) is 0 Å². The lowest BCUT2D eigenvalue weighted by atomic mass is 10.0. The van der Waals surface area contributed by atoms with Crippen molar-refractivity contribution in [2.75, 3.05) is 25.5 Å². The number of carboxylic acids is 1. The molecule has 1 aliphatic heterocycles. The Bertz CT molecular complexity index is 2160. The number of carbonyl (C=O) groups is 3. The lowest BCUT2D eigenvalue weighted by Gasteiger charge is -2.38. The summed E-state index contributed by atoms with van der Waals surface area (Å²) >= 11 is 1.36. The quantitative estimate of drug-likeness (QED) is 0.0640. The molecular formula is C37H40F4N4O8S2+2. The van der Waals surface area contributed by atoms with Gasteiger partial charge in [-0.1, -0.05) is 24.3 Å². The summed E-state index contributed by atoms with van der Waals surface area (Å²) in [6, 6.07) is 18.6. The Morgan fingerprint density at radius 3 is 2.11 bits per heavy atom. The molecule has 0 saturated carbocycles. The van der Waals surface area contributed by atoms with E-state index in [1.165, 1.54) is 64.4 Å². The molecule has 0 spiro atoms. The van der Waals surface area contributed by atoms with Crippen LogP contribution in [0.4, 0.5) is 28.0 Å². The van der Waals surface area contributed by atoms with Gasteiger partial charge in [-0.3, -0.25) is 4.79 Å². The predicted octanol–water partition coefficient (Wildman–Crippen LogP) is 6.13. The number of piperidine rings is 1. The lowest BCUT2D eigenvalue weighted by Crippen LogP contribution is -2.56. The predicted molar refractivity (Wildman–Crippen MR) is 196 cm³/mol. The molecule has 55 heavy (non-hydrogen) atoms. The van der Waals surface area contributed by atoms with E-state index in [4.69, 9.17) is 19.8 Å². The van der Waals surface area contributed by atoms with E-state index < -0.39 is 40.2 Å². The molecule has 1 aliphatic rings. The number of quaternary nitrogens is 1. The van der Waals surface area contributed by atoms with E-state index in [0.717, 1.165) is 29.1 Å². The number of thiophene rings is 1. The van der Waals surface area contributed by atoms with Gasteiger partial charge in [0.2, 0.25) is 0 Å². The first-order chi connectivity index (χ1) is 25.7. The molecule has 1 saturated heterocycles. The highest BCUT2D eigenvalue weighted by Crippen LogP contribution is 2.29. The topological polar surface area (TPSA) is 176 Å². The number of carboxylic acid groups (broad SMARTS) is 1. The van der Waals surface area contributed by atoms with E-state index >= 15 is 0 Å². The van der Waals surface area contributed by atoms with Crippen molar-refractivity contribution in [2.24, 2.45) is 5.73 Å². The monoisotopic (exact) mass is 808 g/mol. The van der Waals surface area contributed by atoms with Gasteiger partial charge in [-0.15, -0.1) is 11.3 Å². The van der Waals surface area contributed by atoms with Crippen molar-refractivity contribution in [1.82, 2.24) is 0 Å². The smallest absolute Gasteiger partial charge is 0.496 e. The van der Waals surface area contributed by atoms with E-state index in [1.54, 1.807) is 37.3 Å². The molecule has 2 atom stereocenters. The fourth-order valence-corrected chi connectivity index (χ4v) is 8.56. The minimum absolute atomic E-state index is 0.0697. The van der Waals surface area contributed by atoms with E-state index in [-0.39, 0.29) is 28.6 Å². The van der Waals surface area contributed by atoms with Crippen LogP contribution in [0.2, 0.25) is 0 Å². The number of nitrogens with one attached hydrogen (secondary N) is 1. The van der Waals surface area contributed by atoms with Crippen molar-refractivity contribution in [2.45, 2.75) is 56.8 Å². The number of nitrogens with zero attached hydrogens (tertiary/aromatic N) is 2. The van der Waals surface area contributed by atoms with Crippen molar-refractivity contribution >= 4 is 50.8 Å². The van der Waals surface area contributed by atoms with E-state index in [9.17, 15) is 40.7 Å². The zero-order valence-corrected chi connectivity index (χ0v) is 31.6. The molecule has 12 nitrogen and oxygen atoms in total. The summed E-state index contributed by atoms with van der Waals surface area (Å²) in [5, 5.41) is 19.8. The van der Waals surface area contributed by atoms with Crippen LogP contribution >= 0.6 is 11.3 Å². The van der Waals surface area contributed by atoms with Gasteiger partial charge in [-0.2, -0.15) is 31.0 Å². The summed E-state index contributed by atoms with van der Waals surface area (Å²) in [4.78, 5) is 37.6. The maximum atomic E-state index is 14.1. The molecule has 5 N–H and O–H groups in total. The SMILES string of the molecule is Cc1cc(S(=O)(=O)Oc2ccc(NC(=O)/[N+](=C3\CCC[N+](C)(Cc4ccc(F)cc4)C3)[C@@H](Cc3ccc(O)cc3)C(N)=O)cc2)c(C)s1.O=C(O)C(F)(F)F. The van der Waals surface area contributed by atoms with Crippen molar-refractivity contribution in [1.29, 1.82) is 0 Å². The summed E-state index contributed by atoms with van der Waals surface area (Å²) in [5.74, 6) is -3.63. The number of amides is 3. The Balaban J connectivity index is 0.000000876. The molecule has 3 amide bonds. The molecule has 1 unspecified atom stereocenters. The number of alkyl halides is 3.